The smallest absolute Gasteiger partial charge is 0.264 e. The molecule has 166 valence electrons. The van der Waals surface area contributed by atoms with Crippen LogP contribution in [0, 0.1) is 0 Å². The monoisotopic (exact) mass is 449 g/mol. The van der Waals surface area contributed by atoms with Gasteiger partial charge in [0.15, 0.2) is 0 Å². The summed E-state index contributed by atoms with van der Waals surface area (Å²) in [4.78, 5) is 39.5. The summed E-state index contributed by atoms with van der Waals surface area (Å²) in [6.07, 6.45) is 0. The van der Waals surface area contributed by atoms with Crippen molar-refractivity contribution in [3.8, 4) is 0 Å². The van der Waals surface area contributed by atoms with Crippen molar-refractivity contribution >= 4 is 40.4 Å². The van der Waals surface area contributed by atoms with E-state index in [1.165, 1.54) is 16.2 Å². The number of hydrogen-bond donors (Lipinski definition) is 2. The Balaban J connectivity index is 1.66. The van der Waals surface area contributed by atoms with Crippen LogP contribution in [0.3, 0.4) is 0 Å². The highest BCUT2D eigenvalue weighted by molar-refractivity contribution is 7.12. The van der Waals surface area contributed by atoms with Gasteiger partial charge in [0.25, 0.3) is 11.8 Å². The van der Waals surface area contributed by atoms with E-state index in [1.807, 2.05) is 17.5 Å². The van der Waals surface area contributed by atoms with Crippen LogP contribution in [0.1, 0.15) is 46.4 Å². The van der Waals surface area contributed by atoms with Gasteiger partial charge in [0.05, 0.1) is 22.8 Å². The van der Waals surface area contributed by atoms with Gasteiger partial charge in [0.2, 0.25) is 5.91 Å². The molecule has 3 rings (SSSR count). The maximum Gasteiger partial charge on any atom is 0.264 e. The zero-order chi connectivity index (χ0) is 23.3. The second-order valence-electron chi connectivity index (χ2n) is 8.51. The summed E-state index contributed by atoms with van der Waals surface area (Å²) in [5, 5.41) is 7.46. The Hall–Kier alpha value is -3.45. The highest BCUT2D eigenvalue weighted by atomic mass is 32.1. The van der Waals surface area contributed by atoms with Crippen molar-refractivity contribution in [1.82, 2.24) is 4.90 Å². The summed E-state index contributed by atoms with van der Waals surface area (Å²) >= 11 is 1.33. The molecule has 0 aliphatic carbocycles. The number of nitrogens with one attached hydrogen (secondary N) is 2. The van der Waals surface area contributed by atoms with Crippen molar-refractivity contribution in [3.05, 3.63) is 82.0 Å². The second-order valence-corrected chi connectivity index (χ2v) is 9.46. The molecule has 2 aromatic carbocycles. The fraction of sp³-hybridized carbons (Fsp3) is 0.240. The van der Waals surface area contributed by atoms with Crippen LogP contribution in [-0.2, 0) is 10.2 Å². The van der Waals surface area contributed by atoms with Crippen LogP contribution in [0.25, 0.3) is 0 Å². The Morgan fingerprint density at radius 2 is 1.50 bits per heavy atom. The zero-order valence-electron chi connectivity index (χ0n) is 18.6. The van der Waals surface area contributed by atoms with Crippen LogP contribution in [0.5, 0.6) is 0 Å². The number of thiophene rings is 1. The van der Waals surface area contributed by atoms with E-state index in [0.29, 0.717) is 21.8 Å². The quantitative estimate of drug-likeness (QED) is 0.555. The molecule has 1 heterocycles. The molecule has 0 fully saturated rings. The first-order valence-electron chi connectivity index (χ1n) is 10.2. The molecular weight excluding hydrogens is 422 g/mol. The van der Waals surface area contributed by atoms with E-state index in [4.69, 9.17) is 0 Å². The lowest BCUT2D eigenvalue weighted by molar-refractivity contribution is -0.116. The number of para-hydroxylation sites is 2. The molecule has 0 bridgehead atoms. The Bertz CT molecular complexity index is 1100. The summed E-state index contributed by atoms with van der Waals surface area (Å²) < 4.78 is 0. The average Bonchev–Trinajstić information content (AvgIpc) is 3.28. The Kier molecular flexibility index (Phi) is 7.10. The Morgan fingerprint density at radius 1 is 0.875 bits per heavy atom. The maximum absolute atomic E-state index is 12.7. The lowest BCUT2D eigenvalue weighted by atomic mass is 9.87. The number of likely N-dealkylation sites (N-methyl/N-ethyl adjacent to an activating group) is 1. The van der Waals surface area contributed by atoms with E-state index in [9.17, 15) is 14.4 Å². The number of carbonyl (C=O) groups excluding carboxylic acids is 3. The van der Waals surface area contributed by atoms with Crippen molar-refractivity contribution in [2.75, 3.05) is 24.2 Å². The second kappa shape index (κ2) is 9.78. The molecule has 6 nitrogen and oxygen atoms in total. The molecular formula is C25H27N3O3S. The number of carbonyl (C=O) groups is 3. The first kappa shape index (κ1) is 23.2. The molecule has 2 N–H and O–H groups in total. The van der Waals surface area contributed by atoms with Gasteiger partial charge in [-0.1, -0.05) is 51.1 Å². The highest BCUT2D eigenvalue weighted by Gasteiger charge is 2.18. The zero-order valence-corrected chi connectivity index (χ0v) is 19.5. The molecule has 3 amide bonds. The molecule has 3 aromatic rings. The van der Waals surface area contributed by atoms with Crippen LogP contribution < -0.4 is 10.6 Å². The molecule has 32 heavy (non-hydrogen) atoms. The third-order valence-electron chi connectivity index (χ3n) is 4.92. The SMILES string of the molecule is CN(CC(=O)Nc1ccccc1NC(=O)c1ccc(C(C)(C)C)cc1)C(=O)c1cccs1. The minimum atomic E-state index is -0.353. The van der Waals surface area contributed by atoms with Gasteiger partial charge >= 0.3 is 0 Å². The maximum atomic E-state index is 12.7. The van der Waals surface area contributed by atoms with E-state index in [1.54, 1.807) is 55.6 Å². The number of benzene rings is 2. The number of rotatable bonds is 6. The average molecular weight is 450 g/mol. The standard InChI is InChI=1S/C25H27N3O3S/c1-25(2,3)18-13-11-17(12-14-18)23(30)27-20-9-6-5-8-19(20)26-22(29)16-28(4)24(31)21-10-7-15-32-21/h5-15H,16H2,1-4H3,(H,26,29)(H,27,30). The lowest BCUT2D eigenvalue weighted by Crippen LogP contribution is -2.34. The minimum Gasteiger partial charge on any atom is -0.332 e. The minimum absolute atomic E-state index is 0.00390. The molecule has 0 unspecified atom stereocenters. The van der Waals surface area contributed by atoms with E-state index in [-0.39, 0.29) is 29.7 Å². The number of hydrogen-bond acceptors (Lipinski definition) is 4. The molecule has 0 aliphatic heterocycles. The van der Waals surface area contributed by atoms with Gasteiger partial charge in [-0.05, 0) is 46.7 Å². The Morgan fingerprint density at radius 3 is 2.06 bits per heavy atom. The van der Waals surface area contributed by atoms with Crippen molar-refractivity contribution in [2.24, 2.45) is 0 Å². The summed E-state index contributed by atoms with van der Waals surface area (Å²) in [6.45, 7) is 6.25. The Labute approximate surface area is 192 Å². The van der Waals surface area contributed by atoms with Crippen LogP contribution in [-0.4, -0.2) is 36.2 Å². The van der Waals surface area contributed by atoms with E-state index >= 15 is 0 Å². The molecule has 0 aliphatic rings. The van der Waals surface area contributed by atoms with E-state index in [2.05, 4.69) is 31.4 Å². The van der Waals surface area contributed by atoms with Gasteiger partial charge in [-0.25, -0.2) is 0 Å². The molecule has 0 saturated carbocycles. The summed E-state index contributed by atoms with van der Waals surface area (Å²) in [7, 11) is 1.58. The van der Waals surface area contributed by atoms with Gasteiger partial charge in [-0.3, -0.25) is 14.4 Å². The number of nitrogens with zero attached hydrogens (tertiary/aromatic N) is 1. The van der Waals surface area contributed by atoms with Gasteiger partial charge < -0.3 is 15.5 Å². The molecule has 1 aromatic heterocycles. The largest absolute Gasteiger partial charge is 0.332 e. The van der Waals surface area contributed by atoms with Crippen molar-refractivity contribution in [2.45, 2.75) is 26.2 Å². The first-order chi connectivity index (χ1) is 15.1. The van der Waals surface area contributed by atoms with Gasteiger partial charge in [0.1, 0.15) is 0 Å². The van der Waals surface area contributed by atoms with Crippen molar-refractivity contribution < 1.29 is 14.4 Å². The van der Waals surface area contributed by atoms with Crippen LogP contribution in [0.4, 0.5) is 11.4 Å². The topological polar surface area (TPSA) is 78.5 Å². The third-order valence-corrected chi connectivity index (χ3v) is 5.78. The van der Waals surface area contributed by atoms with Crippen LogP contribution in [0.15, 0.2) is 66.0 Å². The predicted molar refractivity (Wildman–Crippen MR) is 129 cm³/mol. The summed E-state index contributed by atoms with van der Waals surface area (Å²) in [5.41, 5.74) is 2.62. The normalized spacial score (nSPS) is 11.0. The van der Waals surface area contributed by atoms with E-state index in [0.717, 1.165) is 5.56 Å². The number of amides is 3. The van der Waals surface area contributed by atoms with Crippen molar-refractivity contribution in [1.29, 1.82) is 0 Å². The fourth-order valence-electron chi connectivity index (χ4n) is 3.08. The number of anilines is 2. The molecule has 7 heteroatoms. The molecule has 0 radical (unpaired) electrons. The third kappa shape index (κ3) is 5.82. The van der Waals surface area contributed by atoms with Crippen LogP contribution >= 0.6 is 11.3 Å². The van der Waals surface area contributed by atoms with Gasteiger partial charge in [0, 0.05) is 12.6 Å². The predicted octanol–water partition coefficient (Wildman–Crippen LogP) is 5.01. The van der Waals surface area contributed by atoms with Crippen molar-refractivity contribution in [3.63, 3.8) is 0 Å². The van der Waals surface area contributed by atoms with E-state index < -0.39 is 0 Å². The highest BCUT2D eigenvalue weighted by Crippen LogP contribution is 2.24. The first-order valence-corrected chi connectivity index (χ1v) is 11.1. The van der Waals surface area contributed by atoms with Crippen LogP contribution in [0.2, 0.25) is 0 Å². The molecule has 0 saturated heterocycles. The van der Waals surface area contributed by atoms with Gasteiger partial charge in [-0.15, -0.1) is 11.3 Å². The lowest BCUT2D eigenvalue weighted by Gasteiger charge is -2.19. The van der Waals surface area contributed by atoms with Gasteiger partial charge in [-0.2, -0.15) is 0 Å². The summed E-state index contributed by atoms with van der Waals surface area (Å²) in [6, 6.07) is 18.0. The summed E-state index contributed by atoms with van der Waals surface area (Å²) in [5.74, 6) is -0.832. The molecule has 0 atom stereocenters. The molecule has 0 spiro atoms. The fourth-order valence-corrected chi connectivity index (χ4v) is 3.80.